The predicted molar refractivity (Wildman–Crippen MR) is 144 cm³/mol. The Morgan fingerprint density at radius 2 is 1.58 bits per heavy atom. The second-order valence-corrected chi connectivity index (χ2v) is 10.1. The van der Waals surface area contributed by atoms with Gasteiger partial charge in [0, 0.05) is 50.2 Å². The molecule has 1 aliphatic rings. The van der Waals surface area contributed by atoms with Crippen LogP contribution in [0.4, 0.5) is 0 Å². The summed E-state index contributed by atoms with van der Waals surface area (Å²) in [6.45, 7) is 8.43. The number of rotatable bonds is 9. The molecule has 3 aromatic rings. The zero-order valence-electron chi connectivity index (χ0n) is 19.3. The molecule has 1 saturated heterocycles. The second-order valence-electron chi connectivity index (χ2n) is 8.68. The summed E-state index contributed by atoms with van der Waals surface area (Å²) in [5.41, 5.74) is 2.72. The first-order chi connectivity index (χ1) is 16.2. The van der Waals surface area contributed by atoms with Crippen LogP contribution in [0.5, 0.6) is 0 Å². The topological polar surface area (TPSA) is 30.5 Å². The third-order valence-electron chi connectivity index (χ3n) is 6.26. The average Bonchev–Trinajstić information content (AvgIpc) is 3.36. The fraction of sp³-hybridized carbons (Fsp3) is 0.370. The largest absolute Gasteiger partial charge is 0.362 e. The van der Waals surface area contributed by atoms with Crippen LogP contribution in [-0.2, 0) is 13.0 Å². The molecular formula is C27H34N4S2. The highest BCUT2D eigenvalue weighted by Gasteiger charge is 2.30. The molecule has 0 bridgehead atoms. The Morgan fingerprint density at radius 1 is 0.909 bits per heavy atom. The van der Waals surface area contributed by atoms with Gasteiger partial charge >= 0.3 is 0 Å². The average molecular weight is 479 g/mol. The van der Waals surface area contributed by atoms with E-state index in [2.05, 4.69) is 106 Å². The van der Waals surface area contributed by atoms with E-state index in [0.29, 0.717) is 6.04 Å². The van der Waals surface area contributed by atoms with Crippen LogP contribution in [0.1, 0.15) is 29.0 Å². The fourth-order valence-electron chi connectivity index (χ4n) is 4.55. The lowest BCUT2D eigenvalue weighted by molar-refractivity contribution is 0.0814. The molecule has 6 heteroatoms. The number of thiocarbonyl (C=S) groups is 1. The lowest BCUT2D eigenvalue weighted by Crippen LogP contribution is -2.53. The third-order valence-corrected chi connectivity index (χ3v) is 7.46. The van der Waals surface area contributed by atoms with Crippen LogP contribution in [0.15, 0.2) is 78.2 Å². The Hall–Kier alpha value is -2.25. The Balaban J connectivity index is 1.30. The lowest BCUT2D eigenvalue weighted by Gasteiger charge is -2.41. The molecule has 2 N–H and O–H groups in total. The predicted octanol–water partition coefficient (Wildman–Crippen LogP) is 4.70. The maximum atomic E-state index is 5.64. The minimum Gasteiger partial charge on any atom is -0.362 e. The van der Waals surface area contributed by atoms with E-state index in [4.69, 9.17) is 12.2 Å². The van der Waals surface area contributed by atoms with Crippen molar-refractivity contribution >= 4 is 28.7 Å². The molecule has 0 aliphatic carbocycles. The number of thiophene rings is 1. The van der Waals surface area contributed by atoms with Crippen LogP contribution in [-0.4, -0.2) is 53.7 Å². The van der Waals surface area contributed by atoms with Crippen LogP contribution in [0.25, 0.3) is 0 Å². The van der Waals surface area contributed by atoms with Crippen molar-refractivity contribution in [2.24, 2.45) is 0 Å². The molecule has 4 rings (SSSR count). The molecule has 4 nitrogen and oxygen atoms in total. The highest BCUT2D eigenvalue weighted by Crippen LogP contribution is 2.29. The number of hydrogen-bond donors (Lipinski definition) is 2. The number of hydrogen-bond acceptors (Lipinski definition) is 4. The van der Waals surface area contributed by atoms with Crippen molar-refractivity contribution < 1.29 is 0 Å². The summed E-state index contributed by atoms with van der Waals surface area (Å²) in [6, 6.07) is 26.3. The lowest BCUT2D eigenvalue weighted by atomic mass is 10.0. The van der Waals surface area contributed by atoms with E-state index >= 15 is 0 Å². The van der Waals surface area contributed by atoms with Crippen LogP contribution >= 0.6 is 23.6 Å². The van der Waals surface area contributed by atoms with Gasteiger partial charge in [0.25, 0.3) is 0 Å². The van der Waals surface area contributed by atoms with Crippen LogP contribution < -0.4 is 10.6 Å². The van der Waals surface area contributed by atoms with Crippen molar-refractivity contribution in [3.8, 4) is 0 Å². The molecule has 33 heavy (non-hydrogen) atoms. The van der Waals surface area contributed by atoms with Crippen LogP contribution in [0, 0.1) is 0 Å². The van der Waals surface area contributed by atoms with E-state index in [1.54, 1.807) is 0 Å². The van der Waals surface area contributed by atoms with Crippen molar-refractivity contribution in [3.63, 3.8) is 0 Å². The summed E-state index contributed by atoms with van der Waals surface area (Å²) < 4.78 is 0. The zero-order valence-corrected chi connectivity index (χ0v) is 21.0. The molecule has 174 valence electrons. The standard InChI is InChI=1S/C27H34N4S2/c1-22(29-27(32)28-15-14-23-9-4-2-5-10-23)26(25-13-8-20-33-25)31-18-16-30(17-19-31)21-24-11-6-3-7-12-24/h2-13,20,22,26H,14-19,21H2,1H3,(H2,28,29,32)/t22-,26+/m0/s1. The molecule has 2 heterocycles. The van der Waals surface area contributed by atoms with Gasteiger partial charge in [-0.1, -0.05) is 66.7 Å². The third kappa shape index (κ3) is 7.11. The minimum absolute atomic E-state index is 0.223. The second kappa shape index (κ2) is 12.3. The smallest absolute Gasteiger partial charge is 0.166 e. The van der Waals surface area contributed by atoms with Crippen molar-refractivity contribution in [2.45, 2.75) is 32.0 Å². The molecule has 0 saturated carbocycles. The molecule has 1 aliphatic heterocycles. The van der Waals surface area contributed by atoms with Crippen molar-refractivity contribution in [1.29, 1.82) is 0 Å². The first kappa shape index (κ1) is 23.9. The zero-order chi connectivity index (χ0) is 22.9. The minimum atomic E-state index is 0.223. The molecule has 1 fully saturated rings. The first-order valence-corrected chi connectivity index (χ1v) is 13.1. The van der Waals surface area contributed by atoms with E-state index in [1.807, 2.05) is 11.3 Å². The van der Waals surface area contributed by atoms with Crippen LogP contribution in [0.3, 0.4) is 0 Å². The Kier molecular flexibility index (Phi) is 8.89. The number of piperazine rings is 1. The van der Waals surface area contributed by atoms with E-state index in [-0.39, 0.29) is 6.04 Å². The van der Waals surface area contributed by atoms with Crippen LogP contribution in [0.2, 0.25) is 0 Å². The van der Waals surface area contributed by atoms with Gasteiger partial charge in [-0.3, -0.25) is 9.80 Å². The quantitative estimate of drug-likeness (QED) is 0.435. The van der Waals surface area contributed by atoms with Gasteiger partial charge in [-0.2, -0.15) is 0 Å². The van der Waals surface area contributed by atoms with Gasteiger partial charge in [0.2, 0.25) is 0 Å². The maximum Gasteiger partial charge on any atom is 0.166 e. The van der Waals surface area contributed by atoms with Crippen molar-refractivity contribution in [1.82, 2.24) is 20.4 Å². The normalized spacial score (nSPS) is 16.8. The summed E-state index contributed by atoms with van der Waals surface area (Å²) in [6.07, 6.45) is 0.967. The van der Waals surface area contributed by atoms with Gasteiger partial charge in [-0.15, -0.1) is 11.3 Å². The first-order valence-electron chi connectivity index (χ1n) is 11.8. The van der Waals surface area contributed by atoms with Crippen molar-refractivity contribution in [3.05, 3.63) is 94.2 Å². The number of nitrogens with one attached hydrogen (secondary N) is 2. The van der Waals surface area contributed by atoms with Gasteiger partial charge in [-0.05, 0) is 48.1 Å². The summed E-state index contributed by atoms with van der Waals surface area (Å²) >= 11 is 7.48. The van der Waals surface area contributed by atoms with Gasteiger partial charge in [0.1, 0.15) is 0 Å². The molecular weight excluding hydrogens is 444 g/mol. The Bertz CT molecular complexity index is 954. The Labute approximate surface area is 207 Å². The monoisotopic (exact) mass is 478 g/mol. The molecule has 2 aromatic carbocycles. The molecule has 0 spiro atoms. The molecule has 0 unspecified atom stereocenters. The summed E-state index contributed by atoms with van der Waals surface area (Å²) in [4.78, 5) is 6.58. The van der Waals surface area contributed by atoms with Gasteiger partial charge in [-0.25, -0.2) is 0 Å². The van der Waals surface area contributed by atoms with E-state index in [9.17, 15) is 0 Å². The number of nitrogens with zero attached hydrogens (tertiary/aromatic N) is 2. The molecule has 2 atom stereocenters. The van der Waals surface area contributed by atoms with E-state index in [1.165, 1.54) is 16.0 Å². The molecule has 1 aromatic heterocycles. The SMILES string of the molecule is C[C@H](NC(=S)NCCc1ccccc1)[C@H](c1cccs1)N1CCN(Cc2ccccc2)CC1. The summed E-state index contributed by atoms with van der Waals surface area (Å²) in [7, 11) is 0. The van der Waals surface area contributed by atoms with Gasteiger partial charge in [0.05, 0.1) is 6.04 Å². The molecule has 0 radical (unpaired) electrons. The molecule has 0 amide bonds. The number of benzene rings is 2. The fourth-order valence-corrected chi connectivity index (χ4v) is 5.80. The Morgan fingerprint density at radius 3 is 2.21 bits per heavy atom. The van der Waals surface area contributed by atoms with E-state index < -0.39 is 0 Å². The highest BCUT2D eigenvalue weighted by molar-refractivity contribution is 7.80. The van der Waals surface area contributed by atoms with E-state index in [0.717, 1.165) is 50.8 Å². The van der Waals surface area contributed by atoms with Gasteiger partial charge < -0.3 is 10.6 Å². The maximum absolute atomic E-state index is 5.64. The van der Waals surface area contributed by atoms with Gasteiger partial charge in [0.15, 0.2) is 5.11 Å². The summed E-state index contributed by atoms with van der Waals surface area (Å²) in [5, 5.41) is 9.89. The highest BCUT2D eigenvalue weighted by atomic mass is 32.1. The summed E-state index contributed by atoms with van der Waals surface area (Å²) in [5.74, 6) is 0. The van der Waals surface area contributed by atoms with Crippen molar-refractivity contribution in [2.75, 3.05) is 32.7 Å².